The molecule has 0 spiro atoms. The van der Waals surface area contributed by atoms with Crippen LogP contribution in [0, 0.1) is 18.8 Å². The molecule has 1 aromatic heterocycles. The van der Waals surface area contributed by atoms with Crippen molar-refractivity contribution in [1.82, 2.24) is 9.88 Å². The van der Waals surface area contributed by atoms with E-state index < -0.39 is 5.97 Å². The summed E-state index contributed by atoms with van der Waals surface area (Å²) in [6.07, 6.45) is 3.69. The zero-order chi connectivity index (χ0) is 21.3. The molecule has 4 nitrogen and oxygen atoms in total. The van der Waals surface area contributed by atoms with Crippen molar-refractivity contribution in [1.29, 1.82) is 0 Å². The Bertz CT molecular complexity index is 1040. The second-order valence-corrected chi connectivity index (χ2v) is 8.98. The molecule has 0 bridgehead atoms. The van der Waals surface area contributed by atoms with Crippen LogP contribution in [0.1, 0.15) is 60.3 Å². The van der Waals surface area contributed by atoms with Gasteiger partial charge in [0.2, 0.25) is 0 Å². The zero-order valence-electron chi connectivity index (χ0n) is 18.2. The second kappa shape index (κ2) is 8.65. The third kappa shape index (κ3) is 4.01. The fourth-order valence-electron chi connectivity index (χ4n) is 4.94. The predicted molar refractivity (Wildman–Crippen MR) is 122 cm³/mol. The van der Waals surface area contributed by atoms with Crippen LogP contribution in [0.15, 0.2) is 48.5 Å². The van der Waals surface area contributed by atoms with Crippen LogP contribution in [0.5, 0.6) is 0 Å². The number of para-hydroxylation sites is 1. The Morgan fingerprint density at radius 1 is 1.10 bits per heavy atom. The van der Waals surface area contributed by atoms with Crippen molar-refractivity contribution in [3.8, 4) is 0 Å². The normalized spacial score (nSPS) is 21.8. The molecule has 158 valence electrons. The van der Waals surface area contributed by atoms with E-state index >= 15 is 0 Å². The van der Waals surface area contributed by atoms with Crippen molar-refractivity contribution in [2.45, 2.75) is 59.2 Å². The lowest BCUT2D eigenvalue weighted by Gasteiger charge is -2.34. The van der Waals surface area contributed by atoms with Crippen molar-refractivity contribution in [2.75, 3.05) is 0 Å². The summed E-state index contributed by atoms with van der Waals surface area (Å²) < 4.78 is 1.96. The van der Waals surface area contributed by atoms with Crippen LogP contribution in [0.3, 0.4) is 0 Å². The van der Waals surface area contributed by atoms with Gasteiger partial charge in [-0.15, -0.1) is 0 Å². The van der Waals surface area contributed by atoms with E-state index in [1.807, 2.05) is 22.8 Å². The van der Waals surface area contributed by atoms with Gasteiger partial charge in [0.15, 0.2) is 0 Å². The molecular formula is C26H32N2O2. The number of fused-ring (bicyclic) bond motifs is 1. The number of carbonyl (C=O) groups is 1. The maximum Gasteiger partial charge on any atom is 0.352 e. The Hall–Kier alpha value is -2.59. The van der Waals surface area contributed by atoms with Gasteiger partial charge in [0.1, 0.15) is 5.69 Å². The third-order valence-electron chi connectivity index (χ3n) is 6.99. The minimum atomic E-state index is -0.861. The van der Waals surface area contributed by atoms with Gasteiger partial charge in [-0.05, 0) is 36.8 Å². The molecule has 1 heterocycles. The van der Waals surface area contributed by atoms with Crippen molar-refractivity contribution in [3.63, 3.8) is 0 Å². The van der Waals surface area contributed by atoms with E-state index in [0.717, 1.165) is 28.5 Å². The number of carboxylic acid groups (broad SMARTS) is 1. The van der Waals surface area contributed by atoms with E-state index in [1.165, 1.54) is 18.4 Å². The van der Waals surface area contributed by atoms with E-state index in [1.54, 1.807) is 0 Å². The lowest BCUT2D eigenvalue weighted by Crippen LogP contribution is -2.40. The first-order valence-electron chi connectivity index (χ1n) is 11.1. The molecule has 1 saturated carbocycles. The first-order chi connectivity index (χ1) is 14.5. The highest BCUT2D eigenvalue weighted by Gasteiger charge is 2.28. The Kier molecular flexibility index (Phi) is 5.96. The van der Waals surface area contributed by atoms with Gasteiger partial charge in [-0.2, -0.15) is 0 Å². The molecule has 4 rings (SSSR count). The molecular weight excluding hydrogens is 372 g/mol. The standard InChI is InChI=1S/C26H32N2O2/c1-17-11-13-20(14-12-17)16-28-24-10-5-4-8-21(24)22(25(28)26(29)30)15-27-23-9-6-7-18(2)19(23)3/h4-5,8,10-14,18-19,23,27H,6-7,9,15-16H2,1-3H3,(H,29,30)/t18-,19-,23+/m0/s1. The summed E-state index contributed by atoms with van der Waals surface area (Å²) in [5.41, 5.74) is 4.60. The van der Waals surface area contributed by atoms with Gasteiger partial charge in [-0.3, -0.25) is 0 Å². The fourth-order valence-corrected chi connectivity index (χ4v) is 4.94. The quantitative estimate of drug-likeness (QED) is 0.561. The number of aromatic carboxylic acids is 1. The zero-order valence-corrected chi connectivity index (χ0v) is 18.2. The van der Waals surface area contributed by atoms with Gasteiger partial charge in [0.25, 0.3) is 0 Å². The Balaban J connectivity index is 1.71. The molecule has 1 aliphatic rings. The number of hydrogen-bond acceptors (Lipinski definition) is 2. The topological polar surface area (TPSA) is 54.3 Å². The molecule has 2 N–H and O–H groups in total. The molecule has 2 aromatic carbocycles. The van der Waals surface area contributed by atoms with Crippen molar-refractivity contribution in [3.05, 3.63) is 70.9 Å². The Morgan fingerprint density at radius 2 is 1.83 bits per heavy atom. The summed E-state index contributed by atoms with van der Waals surface area (Å²) in [4.78, 5) is 12.4. The molecule has 0 radical (unpaired) electrons. The van der Waals surface area contributed by atoms with Crippen LogP contribution >= 0.6 is 0 Å². The van der Waals surface area contributed by atoms with E-state index in [4.69, 9.17) is 0 Å². The van der Waals surface area contributed by atoms with Gasteiger partial charge in [0.05, 0.1) is 0 Å². The summed E-state index contributed by atoms with van der Waals surface area (Å²) >= 11 is 0. The average Bonchev–Trinajstić information content (AvgIpc) is 3.04. The molecule has 1 aliphatic carbocycles. The Morgan fingerprint density at radius 3 is 2.57 bits per heavy atom. The number of rotatable bonds is 6. The summed E-state index contributed by atoms with van der Waals surface area (Å²) in [6, 6.07) is 16.8. The smallest absolute Gasteiger partial charge is 0.352 e. The largest absolute Gasteiger partial charge is 0.477 e. The van der Waals surface area contributed by atoms with Crippen LogP contribution in [-0.2, 0) is 13.1 Å². The number of benzene rings is 2. The summed E-state index contributed by atoms with van der Waals surface area (Å²) in [7, 11) is 0. The van der Waals surface area contributed by atoms with Crippen molar-refractivity contribution < 1.29 is 9.90 Å². The van der Waals surface area contributed by atoms with Gasteiger partial charge >= 0.3 is 5.97 Å². The number of hydrogen-bond donors (Lipinski definition) is 2. The number of carboxylic acids is 1. The molecule has 0 saturated heterocycles. The van der Waals surface area contributed by atoms with E-state index in [9.17, 15) is 9.90 Å². The number of aromatic nitrogens is 1. The molecule has 0 amide bonds. The third-order valence-corrected chi connectivity index (χ3v) is 6.99. The monoisotopic (exact) mass is 404 g/mol. The number of aryl methyl sites for hydroxylation is 1. The maximum absolute atomic E-state index is 12.4. The average molecular weight is 405 g/mol. The molecule has 3 aromatic rings. The number of nitrogens with one attached hydrogen (secondary N) is 1. The fraction of sp³-hybridized carbons (Fsp3) is 0.423. The van der Waals surface area contributed by atoms with Crippen LogP contribution in [0.4, 0.5) is 0 Å². The lowest BCUT2D eigenvalue weighted by atomic mass is 9.78. The highest BCUT2D eigenvalue weighted by Crippen LogP contribution is 2.31. The first kappa shape index (κ1) is 20.7. The van der Waals surface area contributed by atoms with Crippen LogP contribution in [0.2, 0.25) is 0 Å². The molecule has 0 aliphatic heterocycles. The van der Waals surface area contributed by atoms with E-state index in [2.05, 4.69) is 56.4 Å². The van der Waals surface area contributed by atoms with Crippen LogP contribution in [-0.4, -0.2) is 21.7 Å². The summed E-state index contributed by atoms with van der Waals surface area (Å²) in [6.45, 7) is 7.85. The molecule has 1 fully saturated rings. The Labute approximate surface area is 178 Å². The molecule has 4 heteroatoms. The highest BCUT2D eigenvalue weighted by atomic mass is 16.4. The predicted octanol–water partition coefficient (Wildman–Crippen LogP) is 5.61. The summed E-state index contributed by atoms with van der Waals surface area (Å²) in [5, 5.41) is 14.9. The minimum absolute atomic E-state index is 0.404. The maximum atomic E-state index is 12.4. The summed E-state index contributed by atoms with van der Waals surface area (Å²) in [5.74, 6) is 0.450. The number of nitrogens with zero attached hydrogens (tertiary/aromatic N) is 1. The van der Waals surface area contributed by atoms with Crippen molar-refractivity contribution in [2.24, 2.45) is 11.8 Å². The van der Waals surface area contributed by atoms with E-state index in [-0.39, 0.29) is 0 Å². The van der Waals surface area contributed by atoms with Crippen molar-refractivity contribution >= 4 is 16.9 Å². The van der Waals surface area contributed by atoms with Gasteiger partial charge in [-0.1, -0.05) is 74.7 Å². The molecule has 30 heavy (non-hydrogen) atoms. The minimum Gasteiger partial charge on any atom is -0.477 e. The van der Waals surface area contributed by atoms with Crippen LogP contribution < -0.4 is 5.32 Å². The van der Waals surface area contributed by atoms with Gasteiger partial charge < -0.3 is 15.0 Å². The first-order valence-corrected chi connectivity index (χ1v) is 11.1. The lowest BCUT2D eigenvalue weighted by molar-refractivity contribution is 0.0684. The SMILES string of the molecule is Cc1ccc(Cn2c(C(=O)O)c(CN[C@@H]3CCC[C@H](C)[C@@H]3C)c3ccccc32)cc1. The van der Waals surface area contributed by atoms with Gasteiger partial charge in [0, 0.05) is 35.6 Å². The molecule has 3 atom stereocenters. The molecule has 0 unspecified atom stereocenters. The van der Waals surface area contributed by atoms with Crippen LogP contribution in [0.25, 0.3) is 10.9 Å². The second-order valence-electron chi connectivity index (χ2n) is 8.98. The van der Waals surface area contributed by atoms with Gasteiger partial charge in [-0.25, -0.2) is 4.79 Å². The highest BCUT2D eigenvalue weighted by molar-refractivity contribution is 5.98. The van der Waals surface area contributed by atoms with E-state index in [0.29, 0.717) is 36.7 Å².